The number of amides is 1. The first kappa shape index (κ1) is 25.3. The van der Waals surface area contributed by atoms with Crippen LogP contribution in [0.1, 0.15) is 68.9 Å². The number of anilines is 1. The highest BCUT2D eigenvalue weighted by Gasteiger charge is 2.64. The van der Waals surface area contributed by atoms with Crippen molar-refractivity contribution in [2.24, 2.45) is 0 Å². The number of aromatic nitrogens is 3. The van der Waals surface area contributed by atoms with E-state index in [0.717, 1.165) is 29.7 Å². The lowest BCUT2D eigenvalue weighted by Gasteiger charge is -2.41. The molecule has 0 aromatic carbocycles. The van der Waals surface area contributed by atoms with Gasteiger partial charge in [0.15, 0.2) is 0 Å². The molecule has 0 radical (unpaired) electrons. The van der Waals surface area contributed by atoms with Crippen LogP contribution in [-0.4, -0.2) is 51.6 Å². The lowest BCUT2D eigenvalue weighted by molar-refractivity contribution is -0.0235. The summed E-state index contributed by atoms with van der Waals surface area (Å²) in [6, 6.07) is 4.91. The number of imidazole rings is 1. The van der Waals surface area contributed by atoms with Gasteiger partial charge in [-0.1, -0.05) is 20.3 Å². The van der Waals surface area contributed by atoms with Crippen LogP contribution in [0.4, 0.5) is 10.1 Å². The molecule has 2 saturated heterocycles. The molecular weight excluding hydrogens is 479 g/mol. The van der Waals surface area contributed by atoms with E-state index in [1.54, 1.807) is 22.7 Å². The summed E-state index contributed by atoms with van der Waals surface area (Å²) in [6.07, 6.45) is 8.61. The lowest BCUT2D eigenvalue weighted by Crippen LogP contribution is -2.48. The minimum absolute atomic E-state index is 0.101. The van der Waals surface area contributed by atoms with Crippen molar-refractivity contribution in [3.05, 3.63) is 58.4 Å². The van der Waals surface area contributed by atoms with Crippen LogP contribution in [0.3, 0.4) is 0 Å². The number of ether oxygens (including phenoxy) is 2. The number of alkyl halides is 1. The van der Waals surface area contributed by atoms with Crippen molar-refractivity contribution in [3.8, 4) is 5.75 Å². The van der Waals surface area contributed by atoms with E-state index in [2.05, 4.69) is 5.32 Å². The van der Waals surface area contributed by atoms with E-state index in [-0.39, 0.29) is 22.8 Å². The maximum Gasteiger partial charge on any atom is 0.306 e. The average molecular weight is 513 g/mol. The van der Waals surface area contributed by atoms with Crippen molar-refractivity contribution in [2.45, 2.75) is 70.0 Å². The maximum absolute atomic E-state index is 13.4. The van der Waals surface area contributed by atoms with Gasteiger partial charge in [-0.3, -0.25) is 9.59 Å². The van der Waals surface area contributed by atoms with E-state index >= 15 is 0 Å². The Morgan fingerprint density at radius 1 is 1.32 bits per heavy atom. The van der Waals surface area contributed by atoms with E-state index in [0.29, 0.717) is 37.5 Å². The molecule has 37 heavy (non-hydrogen) atoms. The fourth-order valence-electron chi connectivity index (χ4n) is 5.07. The van der Waals surface area contributed by atoms with Gasteiger partial charge in [0.05, 0.1) is 29.6 Å². The Kier molecular flexibility index (Phi) is 6.70. The fraction of sp³-hybridized carbons (Fsp3) is 0.519. The molecule has 3 aromatic rings. The van der Waals surface area contributed by atoms with Crippen LogP contribution in [0, 0.1) is 0 Å². The van der Waals surface area contributed by atoms with Crippen LogP contribution in [0.15, 0.2) is 41.6 Å². The van der Waals surface area contributed by atoms with Crippen molar-refractivity contribution in [1.82, 2.24) is 14.1 Å². The van der Waals surface area contributed by atoms with Gasteiger partial charge >= 0.3 is 5.56 Å². The Hall–Kier alpha value is -3.40. The molecule has 1 saturated carbocycles. The van der Waals surface area contributed by atoms with Crippen LogP contribution in [0.2, 0.25) is 0 Å². The highest BCUT2D eigenvalue weighted by molar-refractivity contribution is 6.06. The third-order valence-electron chi connectivity index (χ3n) is 7.36. The van der Waals surface area contributed by atoms with Gasteiger partial charge in [0.1, 0.15) is 30.4 Å². The number of carbonyl (C=O) groups excluding carboxylic acids is 1. The van der Waals surface area contributed by atoms with Crippen LogP contribution in [0.25, 0.3) is 5.65 Å². The average Bonchev–Trinajstić information content (AvgIpc) is 3.57. The minimum Gasteiger partial charge on any atom is -0.490 e. The quantitative estimate of drug-likeness (QED) is 0.391. The maximum atomic E-state index is 13.4. The van der Waals surface area contributed by atoms with Gasteiger partial charge in [0.25, 0.3) is 5.91 Å². The highest BCUT2D eigenvalue weighted by atomic mass is 19.1. The standard InChI is InChI=1S/C27H33FN4O5/c1-4-6-10-36-32-9-7-8-20(25(32)34)29-24(33)19-12-31-13-22(26-14-27(15-26,16-28)35-17-26)30-23(31)11-21(19)37-18(3)5-2/h7-9,11-13,18H,4-6,10,14-17H2,1-3H3,(H,29,33)/t18-,26?,27?/m0/s1. The van der Waals surface area contributed by atoms with Gasteiger partial charge in [-0.25, -0.2) is 9.37 Å². The third kappa shape index (κ3) is 4.58. The number of hydrogen-bond donors (Lipinski definition) is 1. The topological polar surface area (TPSA) is 96.1 Å². The molecule has 3 aromatic heterocycles. The molecule has 9 nitrogen and oxygen atoms in total. The monoisotopic (exact) mass is 512 g/mol. The predicted octanol–water partition coefficient (Wildman–Crippen LogP) is 3.92. The zero-order chi connectivity index (χ0) is 26.2. The molecule has 1 amide bonds. The summed E-state index contributed by atoms with van der Waals surface area (Å²) in [5, 5.41) is 2.72. The normalized spacial score (nSPS) is 23.0. The van der Waals surface area contributed by atoms with E-state index < -0.39 is 23.7 Å². The Morgan fingerprint density at radius 2 is 2.14 bits per heavy atom. The zero-order valence-electron chi connectivity index (χ0n) is 21.5. The largest absolute Gasteiger partial charge is 0.490 e. The van der Waals surface area contributed by atoms with Crippen molar-refractivity contribution in [3.63, 3.8) is 0 Å². The summed E-state index contributed by atoms with van der Waals surface area (Å²) in [6.45, 7) is 6.29. The smallest absolute Gasteiger partial charge is 0.306 e. The SMILES string of the molecule is CCCCOn1cccc(NC(=O)c2cn3cc(C45COC(CF)(C4)C5)nc3cc2O[C@@H](C)CC)c1=O. The van der Waals surface area contributed by atoms with Crippen LogP contribution < -0.4 is 20.5 Å². The molecule has 1 atom stereocenters. The first-order valence-electron chi connectivity index (χ1n) is 12.9. The number of nitrogens with zero attached hydrogens (tertiary/aromatic N) is 3. The number of carbonyl (C=O) groups is 1. The second-order valence-electron chi connectivity index (χ2n) is 10.2. The summed E-state index contributed by atoms with van der Waals surface area (Å²) in [4.78, 5) is 36.5. The Labute approximate surface area is 214 Å². The number of nitrogens with one attached hydrogen (secondary N) is 1. The summed E-state index contributed by atoms with van der Waals surface area (Å²) in [7, 11) is 0. The van der Waals surface area contributed by atoms with E-state index in [1.807, 2.05) is 27.0 Å². The molecule has 3 aliphatic rings. The Morgan fingerprint density at radius 3 is 2.84 bits per heavy atom. The molecule has 1 N–H and O–H groups in total. The molecule has 0 unspecified atom stereocenters. The molecule has 6 rings (SSSR count). The van der Waals surface area contributed by atoms with Crippen molar-refractivity contribution in [1.29, 1.82) is 0 Å². The molecule has 2 aliphatic heterocycles. The zero-order valence-corrected chi connectivity index (χ0v) is 21.5. The van der Waals surface area contributed by atoms with Crippen LogP contribution >= 0.6 is 0 Å². The molecule has 10 heteroatoms. The Bertz CT molecular complexity index is 1360. The van der Waals surface area contributed by atoms with E-state index in [4.69, 9.17) is 19.3 Å². The van der Waals surface area contributed by atoms with Gasteiger partial charge in [-0.15, -0.1) is 0 Å². The molecule has 198 valence electrons. The summed E-state index contributed by atoms with van der Waals surface area (Å²) in [5.41, 5.74) is 0.379. The number of hydrogen-bond acceptors (Lipinski definition) is 6. The first-order chi connectivity index (χ1) is 17.8. The predicted molar refractivity (Wildman–Crippen MR) is 136 cm³/mol. The summed E-state index contributed by atoms with van der Waals surface area (Å²) < 4.78 is 28.2. The van der Waals surface area contributed by atoms with Crippen LogP contribution in [0.5, 0.6) is 5.75 Å². The second-order valence-corrected chi connectivity index (χ2v) is 10.2. The summed E-state index contributed by atoms with van der Waals surface area (Å²) >= 11 is 0. The molecule has 3 fully saturated rings. The summed E-state index contributed by atoms with van der Waals surface area (Å²) in [5.74, 6) is -0.111. The number of rotatable bonds is 11. The second kappa shape index (κ2) is 9.81. The van der Waals surface area contributed by atoms with Gasteiger partial charge in [-0.2, -0.15) is 4.73 Å². The fourth-order valence-corrected chi connectivity index (χ4v) is 5.07. The molecular formula is C27H33FN4O5. The van der Waals surface area contributed by atoms with Gasteiger partial charge in [0, 0.05) is 30.1 Å². The first-order valence-corrected chi connectivity index (χ1v) is 12.9. The van der Waals surface area contributed by atoms with Crippen LogP contribution in [-0.2, 0) is 10.2 Å². The van der Waals surface area contributed by atoms with Gasteiger partial charge < -0.3 is 24.0 Å². The minimum atomic E-state index is -0.672. The van der Waals surface area contributed by atoms with Crippen molar-refractivity contribution in [2.75, 3.05) is 25.2 Å². The highest BCUT2D eigenvalue weighted by Crippen LogP contribution is 2.58. The lowest BCUT2D eigenvalue weighted by atomic mass is 9.61. The van der Waals surface area contributed by atoms with Gasteiger partial charge in [-0.05, 0) is 44.7 Å². The number of fused-ring (bicyclic) bond motifs is 2. The Balaban J connectivity index is 1.45. The van der Waals surface area contributed by atoms with Gasteiger partial charge in [0.2, 0.25) is 0 Å². The molecule has 1 aliphatic carbocycles. The molecule has 2 bridgehead atoms. The molecule has 0 spiro atoms. The van der Waals surface area contributed by atoms with E-state index in [1.165, 1.54) is 12.3 Å². The number of unbranched alkanes of at least 4 members (excludes halogenated alkanes) is 1. The third-order valence-corrected chi connectivity index (χ3v) is 7.36. The molecule has 5 heterocycles. The number of pyridine rings is 2. The number of halogens is 1. The van der Waals surface area contributed by atoms with Crippen molar-refractivity contribution >= 4 is 17.2 Å². The van der Waals surface area contributed by atoms with Crippen molar-refractivity contribution < 1.29 is 23.5 Å². The van der Waals surface area contributed by atoms with E-state index in [9.17, 15) is 14.0 Å².